The third-order valence-electron chi connectivity index (χ3n) is 4.23. The quantitative estimate of drug-likeness (QED) is 0.268. The van der Waals surface area contributed by atoms with Gasteiger partial charge in [-0.3, -0.25) is 0 Å². The highest BCUT2D eigenvalue weighted by Gasteiger charge is 2.53. The first-order valence-electron chi connectivity index (χ1n) is 6.85. The molecule has 2 rings (SSSR count). The van der Waals surface area contributed by atoms with Gasteiger partial charge in [-0.1, -0.05) is 0 Å². The summed E-state index contributed by atoms with van der Waals surface area (Å²) >= 11 is 0. The monoisotopic (exact) mass is 309 g/mol. The van der Waals surface area contributed by atoms with E-state index in [4.69, 9.17) is 14.6 Å². The second kappa shape index (κ2) is 6.82. The third-order valence-corrected chi connectivity index (χ3v) is 4.23. The van der Waals surface area contributed by atoms with Crippen LogP contribution in [0.25, 0.3) is 0 Å². The highest BCUT2D eigenvalue weighted by Crippen LogP contribution is 2.34. The predicted molar refractivity (Wildman–Crippen MR) is 68.1 cm³/mol. The number of rotatable bonds is 5. The Labute approximate surface area is 121 Å². The summed E-state index contributed by atoms with van der Waals surface area (Å²) in [6, 6.07) is -0.882. The van der Waals surface area contributed by atoms with Crippen molar-refractivity contribution < 1.29 is 40.1 Å². The Balaban J connectivity index is 2.17. The van der Waals surface area contributed by atoms with Crippen LogP contribution < -0.4 is 5.32 Å². The van der Waals surface area contributed by atoms with Crippen LogP contribution in [0.15, 0.2) is 0 Å². The minimum atomic E-state index is -1.32. The van der Waals surface area contributed by atoms with Gasteiger partial charge in [-0.15, -0.1) is 0 Å². The van der Waals surface area contributed by atoms with Crippen molar-refractivity contribution in [3.8, 4) is 0 Å². The number of β-amino-alcohol motifs (C(OH)–C–C–N with tert-alkyl or cyclic N) is 1. The number of ether oxygens (including phenoxy) is 2. The zero-order chi connectivity index (χ0) is 15.7. The van der Waals surface area contributed by atoms with Crippen LogP contribution in [-0.2, 0) is 9.47 Å². The molecule has 124 valence electrons. The molecule has 7 N–H and O–H groups in total. The predicted octanol–water partition coefficient (Wildman–Crippen LogP) is -4.26. The van der Waals surface area contributed by atoms with Crippen molar-refractivity contribution in [2.45, 2.75) is 49.0 Å². The highest BCUT2D eigenvalue weighted by atomic mass is 16.7. The molecule has 0 aromatic rings. The summed E-state index contributed by atoms with van der Waals surface area (Å²) in [6.07, 6.45) is -8.22. The van der Waals surface area contributed by atoms with Gasteiger partial charge in [0.05, 0.1) is 37.1 Å². The first-order chi connectivity index (χ1) is 9.92. The molecule has 9 nitrogen and oxygen atoms in total. The van der Waals surface area contributed by atoms with E-state index in [2.05, 4.69) is 5.32 Å². The van der Waals surface area contributed by atoms with Crippen molar-refractivity contribution in [3.05, 3.63) is 0 Å². The van der Waals surface area contributed by atoms with Gasteiger partial charge in [0.25, 0.3) is 0 Å². The number of methoxy groups -OCH3 is 1. The van der Waals surface area contributed by atoms with Crippen LogP contribution in [0.4, 0.5) is 0 Å². The fourth-order valence-corrected chi connectivity index (χ4v) is 3.04. The summed E-state index contributed by atoms with van der Waals surface area (Å²) in [5.41, 5.74) is 0. The van der Waals surface area contributed by atoms with E-state index in [1.165, 1.54) is 7.11 Å². The molecular weight excluding hydrogens is 286 g/mol. The molecule has 0 spiro atoms. The van der Waals surface area contributed by atoms with Gasteiger partial charge in [-0.25, -0.2) is 0 Å². The third kappa shape index (κ3) is 3.07. The molecule has 9 atom stereocenters. The lowest BCUT2D eigenvalue weighted by atomic mass is 9.84. The molecule has 0 bridgehead atoms. The fourth-order valence-electron chi connectivity index (χ4n) is 3.04. The summed E-state index contributed by atoms with van der Waals surface area (Å²) in [5, 5.41) is 61.5. The maximum Gasteiger partial charge on any atom is 0.184 e. The Hall–Kier alpha value is -0.360. The number of aliphatic hydroxyl groups excluding tert-OH is 6. The van der Waals surface area contributed by atoms with E-state index in [-0.39, 0.29) is 6.54 Å². The molecule has 2 aliphatic heterocycles. The molecule has 2 fully saturated rings. The van der Waals surface area contributed by atoms with Crippen LogP contribution in [0.5, 0.6) is 0 Å². The number of hydrogen-bond acceptors (Lipinski definition) is 9. The molecule has 0 unspecified atom stereocenters. The van der Waals surface area contributed by atoms with Crippen LogP contribution >= 0.6 is 0 Å². The molecule has 2 saturated heterocycles. The van der Waals surface area contributed by atoms with E-state index < -0.39 is 61.5 Å². The van der Waals surface area contributed by atoms with E-state index in [9.17, 15) is 25.5 Å². The molecule has 21 heavy (non-hydrogen) atoms. The lowest BCUT2D eigenvalue weighted by molar-refractivity contribution is -0.166. The van der Waals surface area contributed by atoms with Gasteiger partial charge < -0.3 is 45.4 Å². The summed E-state index contributed by atoms with van der Waals surface area (Å²) in [6.45, 7) is -0.506. The number of aliphatic hydroxyl groups is 6. The Kier molecular flexibility index (Phi) is 5.52. The maximum absolute atomic E-state index is 10.4. The van der Waals surface area contributed by atoms with Gasteiger partial charge in [0, 0.05) is 19.6 Å². The van der Waals surface area contributed by atoms with Gasteiger partial charge in [-0.2, -0.15) is 0 Å². The average Bonchev–Trinajstić information content (AvgIpc) is 2.98. The van der Waals surface area contributed by atoms with Crippen molar-refractivity contribution in [1.82, 2.24) is 5.32 Å². The Morgan fingerprint density at radius 3 is 2.38 bits per heavy atom. The molecule has 0 aromatic heterocycles. The van der Waals surface area contributed by atoms with Crippen molar-refractivity contribution >= 4 is 0 Å². The zero-order valence-corrected chi connectivity index (χ0v) is 11.6. The Bertz CT molecular complexity index is 345. The standard InChI is InChI=1S/C12H23NO8/c1-20-12-10(19)6(11(21-12)5(16)3-14)9(18)7-8(17)4(15)2-13-7/h4-19H,2-3H2,1H3/t4-,5+,6+,7-,8-,9-,10+,11-,12+/m0/s1. The van der Waals surface area contributed by atoms with E-state index in [0.717, 1.165) is 0 Å². The molecule has 0 radical (unpaired) electrons. The van der Waals surface area contributed by atoms with Crippen molar-refractivity contribution in [2.24, 2.45) is 5.92 Å². The van der Waals surface area contributed by atoms with Crippen molar-refractivity contribution in [1.29, 1.82) is 0 Å². The van der Waals surface area contributed by atoms with Crippen LogP contribution in [-0.4, -0.2) is 99.9 Å². The van der Waals surface area contributed by atoms with Crippen molar-refractivity contribution in [2.75, 3.05) is 20.3 Å². The SMILES string of the molecule is CO[C@@H]1O[C@@H]([C@H](O)CO)[C@H]([C@H](O)[C@H]2NC[C@H](O)[C@@H]2O)[C@H]1O. The molecule has 9 heteroatoms. The lowest BCUT2D eigenvalue weighted by Crippen LogP contribution is -2.53. The first kappa shape index (κ1) is 17.0. The molecule has 0 aliphatic carbocycles. The van der Waals surface area contributed by atoms with E-state index in [1.807, 2.05) is 0 Å². The molecular formula is C12H23NO8. The minimum Gasteiger partial charge on any atom is -0.394 e. The van der Waals surface area contributed by atoms with Gasteiger partial charge >= 0.3 is 0 Å². The van der Waals surface area contributed by atoms with Crippen LogP contribution in [0.3, 0.4) is 0 Å². The summed E-state index contributed by atoms with van der Waals surface area (Å²) in [5.74, 6) is -0.991. The summed E-state index contributed by atoms with van der Waals surface area (Å²) in [4.78, 5) is 0. The van der Waals surface area contributed by atoms with E-state index in [1.54, 1.807) is 0 Å². The summed E-state index contributed by atoms with van der Waals surface area (Å²) in [7, 11) is 1.30. The normalized spacial score (nSPS) is 46.7. The minimum absolute atomic E-state index is 0.105. The molecule has 0 amide bonds. The summed E-state index contributed by atoms with van der Waals surface area (Å²) < 4.78 is 10.2. The molecule has 2 heterocycles. The fraction of sp³-hybridized carbons (Fsp3) is 1.00. The van der Waals surface area contributed by atoms with Crippen molar-refractivity contribution in [3.63, 3.8) is 0 Å². The smallest absolute Gasteiger partial charge is 0.184 e. The van der Waals surface area contributed by atoms with Gasteiger partial charge in [0.1, 0.15) is 12.2 Å². The molecule has 0 saturated carbocycles. The largest absolute Gasteiger partial charge is 0.394 e. The topological polar surface area (TPSA) is 152 Å². The second-order valence-electron chi connectivity index (χ2n) is 5.51. The van der Waals surface area contributed by atoms with Gasteiger partial charge in [0.2, 0.25) is 0 Å². The number of hydrogen-bond donors (Lipinski definition) is 7. The van der Waals surface area contributed by atoms with Gasteiger partial charge in [-0.05, 0) is 0 Å². The van der Waals surface area contributed by atoms with Gasteiger partial charge in [0.15, 0.2) is 6.29 Å². The molecule has 2 aliphatic rings. The van der Waals surface area contributed by atoms with Crippen LogP contribution in [0.2, 0.25) is 0 Å². The average molecular weight is 309 g/mol. The Morgan fingerprint density at radius 2 is 1.90 bits per heavy atom. The van der Waals surface area contributed by atoms with E-state index in [0.29, 0.717) is 0 Å². The van der Waals surface area contributed by atoms with Crippen LogP contribution in [0, 0.1) is 5.92 Å². The highest BCUT2D eigenvalue weighted by molar-refractivity contribution is 5.03. The number of nitrogens with one attached hydrogen (secondary N) is 1. The van der Waals surface area contributed by atoms with Crippen LogP contribution in [0.1, 0.15) is 0 Å². The Morgan fingerprint density at radius 1 is 1.24 bits per heavy atom. The molecule has 0 aromatic carbocycles. The zero-order valence-electron chi connectivity index (χ0n) is 11.6. The first-order valence-corrected chi connectivity index (χ1v) is 6.85. The second-order valence-corrected chi connectivity index (χ2v) is 5.51. The lowest BCUT2D eigenvalue weighted by Gasteiger charge is -2.32. The van der Waals surface area contributed by atoms with E-state index >= 15 is 0 Å². The maximum atomic E-state index is 10.4.